The Morgan fingerprint density at radius 1 is 1.42 bits per heavy atom. The molecule has 2 amide bonds. The van der Waals surface area contributed by atoms with Crippen molar-refractivity contribution < 1.29 is 9.59 Å². The van der Waals surface area contributed by atoms with Gasteiger partial charge in [-0.15, -0.1) is 0 Å². The Morgan fingerprint density at radius 3 is 2.74 bits per heavy atom. The van der Waals surface area contributed by atoms with Gasteiger partial charge in [-0.05, 0) is 38.0 Å². The molecule has 0 aromatic heterocycles. The first-order valence-electron chi connectivity index (χ1n) is 6.40. The summed E-state index contributed by atoms with van der Waals surface area (Å²) in [5.74, 6) is -0.612. The van der Waals surface area contributed by atoms with E-state index >= 15 is 0 Å². The monoisotopic (exact) mass is 261 g/mol. The third kappa shape index (κ3) is 2.61. The number of carbonyl (C=O) groups excluding carboxylic acids is 2. The summed E-state index contributed by atoms with van der Waals surface area (Å²) in [6.45, 7) is 1.89. The van der Waals surface area contributed by atoms with Gasteiger partial charge in [0.25, 0.3) is 0 Å². The molecule has 1 saturated carbocycles. The number of primary amides is 1. The number of rotatable bonds is 3. The van der Waals surface area contributed by atoms with Crippen LogP contribution in [0.3, 0.4) is 0 Å². The summed E-state index contributed by atoms with van der Waals surface area (Å²) in [6, 6.07) is 6.48. The van der Waals surface area contributed by atoms with E-state index in [0.29, 0.717) is 11.3 Å². The average molecular weight is 261 g/mol. The first-order chi connectivity index (χ1) is 8.93. The number of hydrogen-bond acceptors (Lipinski definition) is 3. The minimum atomic E-state index is -0.539. The Hall–Kier alpha value is -1.88. The summed E-state index contributed by atoms with van der Waals surface area (Å²) in [7, 11) is 0. The number of hydrogen-bond donors (Lipinski definition) is 3. The Kier molecular flexibility index (Phi) is 3.57. The summed E-state index contributed by atoms with van der Waals surface area (Å²) >= 11 is 0. The summed E-state index contributed by atoms with van der Waals surface area (Å²) in [6.07, 6.45) is 2.62. The van der Waals surface area contributed by atoms with E-state index in [1.54, 1.807) is 24.3 Å². The maximum Gasteiger partial charge on any atom is 0.248 e. The Morgan fingerprint density at radius 2 is 2.16 bits per heavy atom. The fourth-order valence-electron chi connectivity index (χ4n) is 2.50. The maximum atomic E-state index is 12.3. The summed E-state index contributed by atoms with van der Waals surface area (Å²) in [4.78, 5) is 23.4. The lowest BCUT2D eigenvalue weighted by molar-refractivity contribution is -0.125. The van der Waals surface area contributed by atoms with Gasteiger partial charge in [0, 0.05) is 17.3 Å². The molecule has 2 unspecified atom stereocenters. The zero-order chi connectivity index (χ0) is 14.0. The molecule has 2 atom stereocenters. The zero-order valence-electron chi connectivity index (χ0n) is 11.0. The molecule has 1 aromatic carbocycles. The Bertz CT molecular complexity index is 515. The van der Waals surface area contributed by atoms with Crippen molar-refractivity contribution in [3.63, 3.8) is 0 Å². The van der Waals surface area contributed by atoms with Crippen LogP contribution in [0, 0.1) is 5.41 Å². The van der Waals surface area contributed by atoms with E-state index in [9.17, 15) is 9.59 Å². The van der Waals surface area contributed by atoms with Crippen LogP contribution >= 0.6 is 0 Å². The SMILES string of the molecule is CC1(C(=O)Nc2cccc(C(N)=O)c2)CCCC1N. The van der Waals surface area contributed by atoms with E-state index < -0.39 is 11.3 Å². The molecule has 5 nitrogen and oxygen atoms in total. The first kappa shape index (κ1) is 13.5. The average Bonchev–Trinajstić information content (AvgIpc) is 2.71. The van der Waals surface area contributed by atoms with Gasteiger partial charge in [-0.1, -0.05) is 12.5 Å². The van der Waals surface area contributed by atoms with Gasteiger partial charge < -0.3 is 16.8 Å². The number of nitrogens with two attached hydrogens (primary N) is 2. The number of anilines is 1. The van der Waals surface area contributed by atoms with E-state index in [1.807, 2.05) is 6.92 Å². The van der Waals surface area contributed by atoms with Crippen LogP contribution in [-0.2, 0) is 4.79 Å². The van der Waals surface area contributed by atoms with Crippen molar-refractivity contribution in [3.8, 4) is 0 Å². The second kappa shape index (κ2) is 5.01. The van der Waals surface area contributed by atoms with Crippen molar-refractivity contribution in [2.75, 3.05) is 5.32 Å². The normalized spacial score (nSPS) is 26.1. The molecule has 1 aliphatic carbocycles. The third-order valence-electron chi connectivity index (χ3n) is 3.95. The van der Waals surface area contributed by atoms with Crippen LogP contribution in [-0.4, -0.2) is 17.9 Å². The molecular formula is C14H19N3O2. The van der Waals surface area contributed by atoms with Gasteiger partial charge in [-0.25, -0.2) is 0 Å². The van der Waals surface area contributed by atoms with Crippen LogP contribution in [0.25, 0.3) is 0 Å². The smallest absolute Gasteiger partial charge is 0.248 e. The summed E-state index contributed by atoms with van der Waals surface area (Å²) in [5.41, 5.74) is 11.6. The number of benzene rings is 1. The van der Waals surface area contributed by atoms with Crippen molar-refractivity contribution in [1.29, 1.82) is 0 Å². The van der Waals surface area contributed by atoms with Crippen molar-refractivity contribution >= 4 is 17.5 Å². The van der Waals surface area contributed by atoms with Gasteiger partial charge in [0.2, 0.25) is 11.8 Å². The van der Waals surface area contributed by atoms with E-state index in [4.69, 9.17) is 11.5 Å². The third-order valence-corrected chi connectivity index (χ3v) is 3.95. The molecule has 2 rings (SSSR count). The number of nitrogens with one attached hydrogen (secondary N) is 1. The summed E-state index contributed by atoms with van der Waals surface area (Å²) < 4.78 is 0. The number of carbonyl (C=O) groups is 2. The highest BCUT2D eigenvalue weighted by molar-refractivity contribution is 5.98. The fraction of sp³-hybridized carbons (Fsp3) is 0.429. The molecule has 1 aromatic rings. The highest BCUT2D eigenvalue weighted by atomic mass is 16.2. The highest BCUT2D eigenvalue weighted by Gasteiger charge is 2.42. The van der Waals surface area contributed by atoms with E-state index in [2.05, 4.69) is 5.32 Å². The molecule has 0 saturated heterocycles. The molecule has 0 bridgehead atoms. The standard InChI is InChI=1S/C14H19N3O2/c1-14(7-3-6-11(14)15)13(19)17-10-5-2-4-9(8-10)12(16)18/h2,4-5,8,11H,3,6-7,15H2,1H3,(H2,16,18)(H,17,19). The van der Waals surface area contributed by atoms with Crippen molar-refractivity contribution in [1.82, 2.24) is 0 Å². The molecule has 0 radical (unpaired) electrons. The van der Waals surface area contributed by atoms with Crippen LogP contribution in [0.4, 0.5) is 5.69 Å². The van der Waals surface area contributed by atoms with Crippen molar-refractivity contribution in [2.24, 2.45) is 16.9 Å². The Balaban J connectivity index is 2.15. The lowest BCUT2D eigenvalue weighted by Crippen LogP contribution is -2.44. The van der Waals surface area contributed by atoms with Gasteiger partial charge in [0.15, 0.2) is 0 Å². The molecule has 19 heavy (non-hydrogen) atoms. The first-order valence-corrected chi connectivity index (χ1v) is 6.40. The minimum Gasteiger partial charge on any atom is -0.366 e. The molecule has 0 aliphatic heterocycles. The van der Waals surface area contributed by atoms with E-state index in [0.717, 1.165) is 19.3 Å². The highest BCUT2D eigenvalue weighted by Crippen LogP contribution is 2.37. The molecule has 0 heterocycles. The molecule has 0 spiro atoms. The van der Waals surface area contributed by atoms with Gasteiger partial charge in [-0.3, -0.25) is 9.59 Å². The number of amides is 2. The quantitative estimate of drug-likeness (QED) is 0.763. The van der Waals surface area contributed by atoms with Crippen molar-refractivity contribution in [3.05, 3.63) is 29.8 Å². The maximum absolute atomic E-state index is 12.3. The van der Waals surface area contributed by atoms with Crippen molar-refractivity contribution in [2.45, 2.75) is 32.2 Å². The molecule has 5 N–H and O–H groups in total. The van der Waals surface area contributed by atoms with Crippen LogP contribution in [0.1, 0.15) is 36.5 Å². The van der Waals surface area contributed by atoms with E-state index in [-0.39, 0.29) is 11.9 Å². The second-order valence-electron chi connectivity index (χ2n) is 5.32. The van der Waals surface area contributed by atoms with Gasteiger partial charge in [0.05, 0.1) is 5.41 Å². The molecule has 1 aliphatic rings. The molecule has 5 heteroatoms. The van der Waals surface area contributed by atoms with Crippen LogP contribution in [0.5, 0.6) is 0 Å². The lowest BCUT2D eigenvalue weighted by atomic mass is 9.84. The van der Waals surface area contributed by atoms with Gasteiger partial charge in [0.1, 0.15) is 0 Å². The minimum absolute atomic E-state index is 0.0980. The summed E-state index contributed by atoms with van der Waals surface area (Å²) in [5, 5.41) is 2.82. The van der Waals surface area contributed by atoms with Crippen LogP contribution < -0.4 is 16.8 Å². The molecule has 1 fully saturated rings. The van der Waals surface area contributed by atoms with Gasteiger partial charge in [-0.2, -0.15) is 0 Å². The van der Waals surface area contributed by atoms with Crippen LogP contribution in [0.2, 0.25) is 0 Å². The van der Waals surface area contributed by atoms with Gasteiger partial charge >= 0.3 is 0 Å². The largest absolute Gasteiger partial charge is 0.366 e. The molecule has 102 valence electrons. The van der Waals surface area contributed by atoms with E-state index in [1.165, 1.54) is 0 Å². The predicted octanol–water partition coefficient (Wildman–Crippen LogP) is 1.24. The topological polar surface area (TPSA) is 98.2 Å². The second-order valence-corrected chi connectivity index (χ2v) is 5.32. The fourth-order valence-corrected chi connectivity index (χ4v) is 2.50. The Labute approximate surface area is 112 Å². The molecular weight excluding hydrogens is 242 g/mol. The van der Waals surface area contributed by atoms with Crippen LogP contribution in [0.15, 0.2) is 24.3 Å². The zero-order valence-corrected chi connectivity index (χ0v) is 11.0. The predicted molar refractivity (Wildman–Crippen MR) is 73.5 cm³/mol. The lowest BCUT2D eigenvalue weighted by Gasteiger charge is -2.27.